The standard InChI is InChI=1S/C21H19ClO/c22-17-23-16-21(18-10-4-1-5-11-18,19-12-6-2-7-13-19)20-14-8-3-9-15-20/h1-15H,16-17H2. The third-order valence-electron chi connectivity index (χ3n) is 4.20. The van der Waals surface area contributed by atoms with Gasteiger partial charge in [0.2, 0.25) is 0 Å². The Morgan fingerprint density at radius 2 is 0.957 bits per heavy atom. The monoisotopic (exact) mass is 322 g/mol. The van der Waals surface area contributed by atoms with Crippen molar-refractivity contribution < 1.29 is 4.74 Å². The summed E-state index contributed by atoms with van der Waals surface area (Å²) in [5.41, 5.74) is 3.21. The molecular formula is C21H19ClO. The molecule has 0 spiro atoms. The average Bonchev–Trinajstić information content (AvgIpc) is 2.65. The zero-order valence-corrected chi connectivity index (χ0v) is 13.6. The smallest absolute Gasteiger partial charge is 0.120 e. The highest BCUT2D eigenvalue weighted by Gasteiger charge is 2.36. The number of benzene rings is 3. The molecule has 3 rings (SSSR count). The number of ether oxygens (including phenoxy) is 1. The van der Waals surface area contributed by atoms with Gasteiger partial charge in [-0.15, -0.1) is 0 Å². The fourth-order valence-electron chi connectivity index (χ4n) is 3.11. The predicted molar refractivity (Wildman–Crippen MR) is 95.9 cm³/mol. The van der Waals surface area contributed by atoms with E-state index in [1.807, 2.05) is 18.2 Å². The molecule has 0 heterocycles. The van der Waals surface area contributed by atoms with Crippen molar-refractivity contribution in [3.63, 3.8) is 0 Å². The Bertz CT molecular complexity index is 614. The number of halogens is 1. The minimum Gasteiger partial charge on any atom is -0.364 e. The SMILES string of the molecule is ClCOCC(c1ccccc1)(c1ccccc1)c1ccccc1. The first-order valence-corrected chi connectivity index (χ1v) is 8.21. The Labute approximate surface area is 142 Å². The van der Waals surface area contributed by atoms with Crippen molar-refractivity contribution in [2.24, 2.45) is 0 Å². The van der Waals surface area contributed by atoms with Crippen LogP contribution in [0.2, 0.25) is 0 Å². The maximum absolute atomic E-state index is 5.85. The van der Waals surface area contributed by atoms with Gasteiger partial charge in [0.15, 0.2) is 0 Å². The molecule has 1 nitrogen and oxygen atoms in total. The second kappa shape index (κ2) is 7.45. The van der Waals surface area contributed by atoms with Crippen molar-refractivity contribution in [1.29, 1.82) is 0 Å². The Balaban J connectivity index is 2.25. The molecule has 0 aromatic heterocycles. The van der Waals surface area contributed by atoms with E-state index in [1.165, 1.54) is 16.7 Å². The predicted octanol–water partition coefficient (Wildman–Crippen LogP) is 5.23. The van der Waals surface area contributed by atoms with Crippen molar-refractivity contribution in [3.05, 3.63) is 108 Å². The summed E-state index contributed by atoms with van der Waals surface area (Å²) in [6, 6.07) is 31.6. The number of hydrogen-bond acceptors (Lipinski definition) is 1. The van der Waals surface area contributed by atoms with Crippen LogP contribution in [0, 0.1) is 0 Å². The summed E-state index contributed by atoms with van der Waals surface area (Å²) >= 11 is 5.85. The molecule has 0 bridgehead atoms. The molecule has 3 aromatic carbocycles. The third kappa shape index (κ3) is 3.17. The Morgan fingerprint density at radius 3 is 1.26 bits per heavy atom. The Kier molecular flexibility index (Phi) is 5.12. The maximum atomic E-state index is 5.85. The summed E-state index contributed by atoms with van der Waals surface area (Å²) in [6.45, 7) is 0.495. The van der Waals surface area contributed by atoms with Gasteiger partial charge in [0.25, 0.3) is 0 Å². The molecule has 0 radical (unpaired) electrons. The summed E-state index contributed by atoms with van der Waals surface area (Å²) in [6.07, 6.45) is 0. The molecule has 0 atom stereocenters. The summed E-state index contributed by atoms with van der Waals surface area (Å²) in [5.74, 6) is 0. The van der Waals surface area contributed by atoms with Crippen LogP contribution in [0.15, 0.2) is 91.0 Å². The quantitative estimate of drug-likeness (QED) is 0.446. The topological polar surface area (TPSA) is 9.23 Å². The molecule has 0 fully saturated rings. The van der Waals surface area contributed by atoms with E-state index in [0.29, 0.717) is 6.61 Å². The zero-order chi connectivity index (χ0) is 16.0. The van der Waals surface area contributed by atoms with Crippen molar-refractivity contribution in [1.82, 2.24) is 0 Å². The van der Waals surface area contributed by atoms with Gasteiger partial charge in [-0.05, 0) is 16.7 Å². The fourth-order valence-corrected chi connectivity index (χ4v) is 3.19. The van der Waals surface area contributed by atoms with Gasteiger partial charge in [-0.1, -0.05) is 103 Å². The second-order valence-electron chi connectivity index (χ2n) is 5.46. The van der Waals surface area contributed by atoms with Gasteiger partial charge in [-0.2, -0.15) is 0 Å². The number of alkyl halides is 1. The lowest BCUT2D eigenvalue weighted by Crippen LogP contribution is -2.34. The van der Waals surface area contributed by atoms with E-state index < -0.39 is 0 Å². The van der Waals surface area contributed by atoms with Crippen LogP contribution < -0.4 is 0 Å². The fraction of sp³-hybridized carbons (Fsp3) is 0.143. The van der Waals surface area contributed by atoms with E-state index in [9.17, 15) is 0 Å². The van der Waals surface area contributed by atoms with Crippen molar-refractivity contribution >= 4 is 11.6 Å². The minimum atomic E-state index is -0.376. The van der Waals surface area contributed by atoms with Gasteiger partial charge < -0.3 is 4.74 Å². The largest absolute Gasteiger partial charge is 0.364 e. The second-order valence-corrected chi connectivity index (χ2v) is 5.68. The molecular weight excluding hydrogens is 304 g/mol. The van der Waals surface area contributed by atoms with E-state index in [-0.39, 0.29) is 11.5 Å². The normalized spacial score (nSPS) is 11.3. The summed E-state index contributed by atoms with van der Waals surface area (Å²) in [4.78, 5) is 0. The zero-order valence-electron chi connectivity index (χ0n) is 12.9. The first-order chi connectivity index (χ1) is 11.4. The van der Waals surface area contributed by atoms with Crippen LogP contribution in [0.25, 0.3) is 0 Å². The summed E-state index contributed by atoms with van der Waals surface area (Å²) in [7, 11) is 0. The molecule has 116 valence electrons. The summed E-state index contributed by atoms with van der Waals surface area (Å²) in [5, 5.41) is 0. The highest BCUT2D eigenvalue weighted by Crippen LogP contribution is 2.39. The highest BCUT2D eigenvalue weighted by atomic mass is 35.5. The van der Waals surface area contributed by atoms with Gasteiger partial charge in [0.1, 0.15) is 6.07 Å². The van der Waals surface area contributed by atoms with Gasteiger partial charge in [-0.3, -0.25) is 0 Å². The van der Waals surface area contributed by atoms with E-state index in [2.05, 4.69) is 72.8 Å². The van der Waals surface area contributed by atoms with Crippen molar-refractivity contribution in [3.8, 4) is 0 Å². The van der Waals surface area contributed by atoms with Crippen LogP contribution in [-0.4, -0.2) is 12.7 Å². The third-order valence-corrected chi connectivity index (χ3v) is 4.35. The van der Waals surface area contributed by atoms with Gasteiger partial charge in [-0.25, -0.2) is 0 Å². The molecule has 0 unspecified atom stereocenters. The molecule has 3 aromatic rings. The maximum Gasteiger partial charge on any atom is 0.120 e. The van der Waals surface area contributed by atoms with Crippen molar-refractivity contribution in [2.75, 3.05) is 12.7 Å². The van der Waals surface area contributed by atoms with E-state index in [1.54, 1.807) is 0 Å². The lowest BCUT2D eigenvalue weighted by Gasteiger charge is -2.35. The summed E-state index contributed by atoms with van der Waals surface area (Å²) < 4.78 is 5.73. The van der Waals surface area contributed by atoms with E-state index in [0.717, 1.165) is 0 Å². The lowest BCUT2D eigenvalue weighted by molar-refractivity contribution is 0.146. The van der Waals surface area contributed by atoms with Crippen LogP contribution in [0.1, 0.15) is 16.7 Å². The van der Waals surface area contributed by atoms with Gasteiger partial charge in [0, 0.05) is 0 Å². The average molecular weight is 323 g/mol. The molecule has 23 heavy (non-hydrogen) atoms. The molecule has 0 aliphatic carbocycles. The van der Waals surface area contributed by atoms with Gasteiger partial charge in [0.05, 0.1) is 12.0 Å². The number of rotatable bonds is 6. The Morgan fingerprint density at radius 1 is 0.609 bits per heavy atom. The molecule has 0 saturated carbocycles. The molecule has 2 heteroatoms. The van der Waals surface area contributed by atoms with Crippen LogP contribution in [0.5, 0.6) is 0 Å². The van der Waals surface area contributed by atoms with Crippen LogP contribution in [0.3, 0.4) is 0 Å². The van der Waals surface area contributed by atoms with Crippen molar-refractivity contribution in [2.45, 2.75) is 5.41 Å². The Hall–Kier alpha value is -2.09. The molecule has 0 aliphatic rings. The van der Waals surface area contributed by atoms with Crippen LogP contribution >= 0.6 is 11.6 Å². The van der Waals surface area contributed by atoms with E-state index >= 15 is 0 Å². The molecule has 0 aliphatic heterocycles. The number of hydrogen-bond donors (Lipinski definition) is 0. The lowest BCUT2D eigenvalue weighted by atomic mass is 9.70. The first-order valence-electron chi connectivity index (χ1n) is 7.68. The first kappa shape index (κ1) is 15.8. The van der Waals surface area contributed by atoms with Crippen LogP contribution in [-0.2, 0) is 10.2 Å². The van der Waals surface area contributed by atoms with Crippen LogP contribution in [0.4, 0.5) is 0 Å². The molecule has 0 amide bonds. The molecule has 0 saturated heterocycles. The molecule has 0 N–H and O–H groups in total. The van der Waals surface area contributed by atoms with E-state index in [4.69, 9.17) is 16.3 Å². The van der Waals surface area contributed by atoms with Gasteiger partial charge >= 0.3 is 0 Å². The highest BCUT2D eigenvalue weighted by molar-refractivity contribution is 6.17. The minimum absolute atomic E-state index is 0.175.